The average molecular weight is 267 g/mol. The van der Waals surface area contributed by atoms with Gasteiger partial charge in [0.05, 0.1) is 12.8 Å². The van der Waals surface area contributed by atoms with Gasteiger partial charge in [0.1, 0.15) is 30.7 Å². The maximum atomic E-state index is 9.96. The minimum absolute atomic E-state index is 0.156. The summed E-state index contributed by atoms with van der Waals surface area (Å²) in [5.74, 6) is 0.156. The Balaban J connectivity index is 2.04. The van der Waals surface area contributed by atoms with Crippen molar-refractivity contribution in [2.24, 2.45) is 0 Å². The number of hydrogen-bond donors (Lipinski definition) is 4. The van der Waals surface area contributed by atoms with Crippen LogP contribution in [0.5, 0.6) is 0 Å². The minimum atomic E-state index is -1.17. The van der Waals surface area contributed by atoms with Gasteiger partial charge in [0.2, 0.25) is 5.95 Å². The lowest BCUT2D eigenvalue weighted by Crippen LogP contribution is -2.32. The molecule has 3 rings (SSSR count). The number of rotatable bonds is 2. The molecule has 0 bridgehead atoms. The number of anilines is 1. The monoisotopic (exact) mass is 267 g/mol. The summed E-state index contributed by atoms with van der Waals surface area (Å²) in [6.07, 6.45) is -1.27. The Morgan fingerprint density at radius 3 is 2.79 bits per heavy atom. The van der Waals surface area contributed by atoms with Crippen molar-refractivity contribution in [3.8, 4) is 0 Å². The molecule has 2 aromatic heterocycles. The molecule has 0 aromatic carbocycles. The van der Waals surface area contributed by atoms with Crippen LogP contribution in [0.2, 0.25) is 0 Å². The highest BCUT2D eigenvalue weighted by Crippen LogP contribution is 2.34. The first-order chi connectivity index (χ1) is 9.13. The van der Waals surface area contributed by atoms with Crippen molar-refractivity contribution in [1.29, 1.82) is 0 Å². The Kier molecular flexibility index (Phi) is 2.82. The maximum Gasteiger partial charge on any atom is 0.224 e. The molecule has 0 spiro atoms. The number of nitrogens with zero attached hydrogens (tertiary/aromatic N) is 4. The van der Waals surface area contributed by atoms with Gasteiger partial charge >= 0.3 is 0 Å². The van der Waals surface area contributed by atoms with Crippen molar-refractivity contribution in [1.82, 2.24) is 19.6 Å². The van der Waals surface area contributed by atoms with Gasteiger partial charge in [0.25, 0.3) is 0 Å². The molecule has 102 valence electrons. The second-order valence-electron chi connectivity index (χ2n) is 4.33. The smallest absolute Gasteiger partial charge is 0.224 e. The van der Waals surface area contributed by atoms with E-state index < -0.39 is 24.4 Å². The van der Waals surface area contributed by atoms with Gasteiger partial charge in [-0.1, -0.05) is 0 Å². The molecule has 9 nitrogen and oxygen atoms in total. The molecule has 1 aliphatic rings. The van der Waals surface area contributed by atoms with Crippen molar-refractivity contribution in [3.05, 3.63) is 18.1 Å². The number of ether oxygens (including phenoxy) is 1. The number of aliphatic hydroxyl groups excluding tert-OH is 3. The van der Waals surface area contributed by atoms with Gasteiger partial charge < -0.3 is 25.8 Å². The average Bonchev–Trinajstić information content (AvgIpc) is 2.94. The number of fused-ring (bicyclic) bond motifs is 1. The maximum absolute atomic E-state index is 9.96. The van der Waals surface area contributed by atoms with Crippen molar-refractivity contribution < 1.29 is 20.1 Å². The topological polar surface area (TPSA) is 139 Å². The molecule has 1 fully saturated rings. The first-order valence-corrected chi connectivity index (χ1v) is 5.70. The Morgan fingerprint density at radius 2 is 2.11 bits per heavy atom. The van der Waals surface area contributed by atoms with E-state index in [0.717, 1.165) is 0 Å². The highest BCUT2D eigenvalue weighted by atomic mass is 16.6. The SMILES string of the molecule is Nc1ncnc2c(C3O[C@@H](CO)[C@H](O)[C@@H]3O)cnn12. The number of aromatic nitrogens is 4. The highest BCUT2D eigenvalue weighted by Gasteiger charge is 2.44. The molecule has 1 saturated heterocycles. The second-order valence-corrected chi connectivity index (χ2v) is 4.33. The minimum Gasteiger partial charge on any atom is -0.394 e. The van der Waals surface area contributed by atoms with Crippen molar-refractivity contribution in [2.75, 3.05) is 12.3 Å². The molecular weight excluding hydrogens is 254 g/mol. The van der Waals surface area contributed by atoms with E-state index in [0.29, 0.717) is 11.2 Å². The summed E-state index contributed by atoms with van der Waals surface area (Å²) >= 11 is 0. The predicted octanol–water partition coefficient (Wildman–Crippen LogP) is -2.14. The summed E-state index contributed by atoms with van der Waals surface area (Å²) in [4.78, 5) is 7.82. The quantitative estimate of drug-likeness (QED) is 0.483. The first-order valence-electron chi connectivity index (χ1n) is 5.70. The first kappa shape index (κ1) is 12.2. The summed E-state index contributed by atoms with van der Waals surface area (Å²) in [5.41, 5.74) is 6.51. The van der Waals surface area contributed by atoms with Crippen LogP contribution in [-0.2, 0) is 4.74 Å². The fourth-order valence-electron chi connectivity index (χ4n) is 2.21. The van der Waals surface area contributed by atoms with Crippen LogP contribution in [0.25, 0.3) is 5.65 Å². The van der Waals surface area contributed by atoms with Gasteiger partial charge in [-0.15, -0.1) is 0 Å². The Bertz CT molecular complexity index is 603. The molecule has 9 heteroatoms. The van der Waals surface area contributed by atoms with E-state index in [-0.39, 0.29) is 12.6 Å². The van der Waals surface area contributed by atoms with Crippen LogP contribution in [0, 0.1) is 0 Å². The summed E-state index contributed by atoms with van der Waals surface area (Å²) in [6, 6.07) is 0. The lowest BCUT2D eigenvalue weighted by molar-refractivity contribution is -0.0224. The van der Waals surface area contributed by atoms with Gasteiger partial charge in [0, 0.05) is 5.56 Å². The van der Waals surface area contributed by atoms with E-state index in [9.17, 15) is 10.2 Å². The van der Waals surface area contributed by atoms with E-state index in [2.05, 4.69) is 15.1 Å². The van der Waals surface area contributed by atoms with Crippen LogP contribution in [0.15, 0.2) is 12.5 Å². The summed E-state index contributed by atoms with van der Waals surface area (Å²) in [6.45, 7) is -0.384. The van der Waals surface area contributed by atoms with Crippen LogP contribution in [0.1, 0.15) is 11.7 Å². The van der Waals surface area contributed by atoms with Crippen molar-refractivity contribution in [2.45, 2.75) is 24.4 Å². The van der Waals surface area contributed by atoms with Crippen LogP contribution in [-0.4, -0.2) is 59.8 Å². The zero-order valence-corrected chi connectivity index (χ0v) is 9.79. The molecule has 5 N–H and O–H groups in total. The molecule has 0 radical (unpaired) electrons. The van der Waals surface area contributed by atoms with Gasteiger partial charge in [0.15, 0.2) is 5.65 Å². The summed E-state index contributed by atoms with van der Waals surface area (Å²) in [5, 5.41) is 32.8. The van der Waals surface area contributed by atoms with Crippen molar-refractivity contribution >= 4 is 11.6 Å². The van der Waals surface area contributed by atoms with Crippen LogP contribution in [0.3, 0.4) is 0 Å². The molecule has 0 saturated carbocycles. The second kappa shape index (κ2) is 4.38. The molecule has 1 aliphatic heterocycles. The third-order valence-corrected chi connectivity index (χ3v) is 3.21. The predicted molar refractivity (Wildman–Crippen MR) is 61.9 cm³/mol. The van der Waals surface area contributed by atoms with Crippen LogP contribution < -0.4 is 5.73 Å². The number of aliphatic hydroxyl groups is 3. The van der Waals surface area contributed by atoms with Gasteiger partial charge in [-0.3, -0.25) is 0 Å². The van der Waals surface area contributed by atoms with E-state index in [1.165, 1.54) is 17.0 Å². The zero-order chi connectivity index (χ0) is 13.6. The van der Waals surface area contributed by atoms with Gasteiger partial charge in [-0.25, -0.2) is 9.97 Å². The molecule has 1 unspecified atom stereocenters. The Labute approximate surface area is 107 Å². The third kappa shape index (κ3) is 1.75. The van der Waals surface area contributed by atoms with Gasteiger partial charge in [-0.2, -0.15) is 9.61 Å². The molecule has 0 aliphatic carbocycles. The fraction of sp³-hybridized carbons (Fsp3) is 0.500. The zero-order valence-electron chi connectivity index (χ0n) is 9.79. The van der Waals surface area contributed by atoms with E-state index in [4.69, 9.17) is 15.6 Å². The lowest BCUT2D eigenvalue weighted by Gasteiger charge is -2.12. The van der Waals surface area contributed by atoms with E-state index in [1.807, 2.05) is 0 Å². The lowest BCUT2D eigenvalue weighted by atomic mass is 10.0. The standard InChI is InChI=1S/C10H13N5O4/c11-10-13-3-12-9-4(1-14-15(9)10)8-7(18)6(17)5(2-16)19-8/h1,3,5-8,16-18H,2H2,(H2,11,12,13)/t5-,6-,7-,8?/m0/s1. The molecule has 2 aromatic rings. The number of nitrogens with two attached hydrogens (primary N) is 1. The van der Waals surface area contributed by atoms with Crippen LogP contribution >= 0.6 is 0 Å². The number of nitrogen functional groups attached to an aromatic ring is 1. The van der Waals surface area contributed by atoms with Crippen molar-refractivity contribution in [3.63, 3.8) is 0 Å². The number of hydrogen-bond acceptors (Lipinski definition) is 8. The molecular formula is C10H13N5O4. The third-order valence-electron chi connectivity index (χ3n) is 3.21. The molecule has 4 atom stereocenters. The highest BCUT2D eigenvalue weighted by molar-refractivity contribution is 5.50. The van der Waals surface area contributed by atoms with E-state index >= 15 is 0 Å². The largest absolute Gasteiger partial charge is 0.394 e. The summed E-state index contributed by atoms with van der Waals surface area (Å²) in [7, 11) is 0. The van der Waals surface area contributed by atoms with E-state index in [1.54, 1.807) is 0 Å². The summed E-state index contributed by atoms with van der Waals surface area (Å²) < 4.78 is 6.73. The van der Waals surface area contributed by atoms with Gasteiger partial charge in [-0.05, 0) is 0 Å². The Morgan fingerprint density at radius 1 is 1.32 bits per heavy atom. The molecule has 19 heavy (non-hydrogen) atoms. The Hall–Kier alpha value is -1.81. The molecule has 3 heterocycles. The normalized spacial score (nSPS) is 31.1. The van der Waals surface area contributed by atoms with Crippen LogP contribution in [0.4, 0.5) is 5.95 Å². The fourth-order valence-corrected chi connectivity index (χ4v) is 2.21. The molecule has 0 amide bonds.